The highest BCUT2D eigenvalue weighted by Gasteiger charge is 2.18. The van der Waals surface area contributed by atoms with E-state index < -0.39 is 5.97 Å². The molecule has 1 aromatic heterocycles. The van der Waals surface area contributed by atoms with Crippen LogP contribution in [0.3, 0.4) is 0 Å². The Kier molecular flexibility index (Phi) is 3.93. The highest BCUT2D eigenvalue weighted by molar-refractivity contribution is 6.06. The standard InChI is InChI=1S/C14H16N4O3/c1-8-11(15)12(18(2)17-8)13(19)16-10-6-4-9(5-7-10)14(20)21-3/h4-7H,15H2,1-3H3,(H,16,19). The summed E-state index contributed by atoms with van der Waals surface area (Å²) < 4.78 is 6.04. The predicted octanol–water partition coefficient (Wildman–Crippen LogP) is 1.35. The number of anilines is 2. The molecule has 0 spiro atoms. The molecule has 0 saturated heterocycles. The zero-order chi connectivity index (χ0) is 15.6. The summed E-state index contributed by atoms with van der Waals surface area (Å²) in [5, 5.41) is 6.80. The number of amides is 1. The molecule has 0 unspecified atom stereocenters. The number of methoxy groups -OCH3 is 1. The van der Waals surface area contributed by atoms with E-state index in [0.717, 1.165) is 0 Å². The molecule has 0 aliphatic carbocycles. The summed E-state index contributed by atoms with van der Waals surface area (Å²) in [6.07, 6.45) is 0. The van der Waals surface area contributed by atoms with Crippen molar-refractivity contribution in [1.82, 2.24) is 9.78 Å². The summed E-state index contributed by atoms with van der Waals surface area (Å²) in [6, 6.07) is 6.37. The number of carbonyl (C=O) groups is 2. The number of nitrogen functional groups attached to an aromatic ring is 1. The molecule has 0 saturated carbocycles. The quantitative estimate of drug-likeness (QED) is 0.830. The number of carbonyl (C=O) groups excluding carboxylic acids is 2. The number of aromatic nitrogens is 2. The van der Waals surface area contributed by atoms with Crippen LogP contribution in [0, 0.1) is 6.92 Å². The van der Waals surface area contributed by atoms with Gasteiger partial charge in [-0.05, 0) is 31.2 Å². The number of nitrogens with zero attached hydrogens (tertiary/aromatic N) is 2. The fourth-order valence-corrected chi connectivity index (χ4v) is 1.94. The molecule has 2 aromatic rings. The molecule has 7 nitrogen and oxygen atoms in total. The summed E-state index contributed by atoms with van der Waals surface area (Å²) in [5.74, 6) is -0.791. The van der Waals surface area contributed by atoms with Crippen molar-refractivity contribution < 1.29 is 14.3 Å². The third kappa shape index (κ3) is 2.86. The second-order valence-electron chi connectivity index (χ2n) is 4.49. The van der Waals surface area contributed by atoms with Gasteiger partial charge in [-0.15, -0.1) is 0 Å². The van der Waals surface area contributed by atoms with E-state index in [0.29, 0.717) is 28.3 Å². The van der Waals surface area contributed by atoms with Gasteiger partial charge in [0.05, 0.1) is 24.1 Å². The Morgan fingerprint density at radius 1 is 1.29 bits per heavy atom. The highest BCUT2D eigenvalue weighted by Crippen LogP contribution is 2.18. The van der Waals surface area contributed by atoms with E-state index in [1.54, 1.807) is 38.2 Å². The number of hydrogen-bond donors (Lipinski definition) is 2. The lowest BCUT2D eigenvalue weighted by atomic mass is 10.2. The zero-order valence-electron chi connectivity index (χ0n) is 12.0. The van der Waals surface area contributed by atoms with Gasteiger partial charge in [-0.3, -0.25) is 9.48 Å². The van der Waals surface area contributed by atoms with Crippen LogP contribution < -0.4 is 11.1 Å². The molecule has 1 amide bonds. The van der Waals surface area contributed by atoms with Gasteiger partial charge in [-0.25, -0.2) is 4.79 Å². The Morgan fingerprint density at radius 3 is 2.38 bits per heavy atom. The lowest BCUT2D eigenvalue weighted by Crippen LogP contribution is -2.17. The maximum absolute atomic E-state index is 12.2. The molecule has 0 bridgehead atoms. The van der Waals surface area contributed by atoms with E-state index in [1.807, 2.05) is 0 Å². The molecule has 110 valence electrons. The van der Waals surface area contributed by atoms with Gasteiger partial charge in [0.1, 0.15) is 5.69 Å². The van der Waals surface area contributed by atoms with Crippen LogP contribution in [-0.4, -0.2) is 28.8 Å². The number of ether oxygens (including phenoxy) is 1. The molecule has 0 aliphatic heterocycles. The Hall–Kier alpha value is -2.83. The predicted molar refractivity (Wildman–Crippen MR) is 78.1 cm³/mol. The van der Waals surface area contributed by atoms with E-state index in [4.69, 9.17) is 5.73 Å². The van der Waals surface area contributed by atoms with Crippen LogP contribution in [0.5, 0.6) is 0 Å². The Bertz CT molecular complexity index is 689. The Balaban J connectivity index is 2.18. The maximum Gasteiger partial charge on any atom is 0.337 e. The number of aryl methyl sites for hydroxylation is 2. The van der Waals surface area contributed by atoms with Gasteiger partial charge < -0.3 is 15.8 Å². The van der Waals surface area contributed by atoms with Crippen LogP contribution in [0.25, 0.3) is 0 Å². The third-order valence-electron chi connectivity index (χ3n) is 3.05. The van der Waals surface area contributed by atoms with Crippen molar-refractivity contribution in [2.24, 2.45) is 7.05 Å². The first kappa shape index (κ1) is 14.6. The fourth-order valence-electron chi connectivity index (χ4n) is 1.94. The number of rotatable bonds is 3. The van der Waals surface area contributed by atoms with Crippen molar-refractivity contribution in [3.8, 4) is 0 Å². The first-order valence-electron chi connectivity index (χ1n) is 6.23. The largest absolute Gasteiger partial charge is 0.465 e. The third-order valence-corrected chi connectivity index (χ3v) is 3.05. The molecular formula is C14H16N4O3. The monoisotopic (exact) mass is 288 g/mol. The molecule has 21 heavy (non-hydrogen) atoms. The van der Waals surface area contributed by atoms with Crippen LogP contribution in [-0.2, 0) is 11.8 Å². The van der Waals surface area contributed by atoms with E-state index in [1.165, 1.54) is 11.8 Å². The molecule has 0 atom stereocenters. The fraction of sp³-hybridized carbons (Fsp3) is 0.214. The molecule has 1 aromatic carbocycles. The van der Waals surface area contributed by atoms with Crippen molar-refractivity contribution in [2.45, 2.75) is 6.92 Å². The van der Waals surface area contributed by atoms with E-state index in [2.05, 4.69) is 15.2 Å². The zero-order valence-corrected chi connectivity index (χ0v) is 12.0. The van der Waals surface area contributed by atoms with E-state index >= 15 is 0 Å². The smallest absolute Gasteiger partial charge is 0.337 e. The summed E-state index contributed by atoms with van der Waals surface area (Å²) in [7, 11) is 2.96. The first-order valence-corrected chi connectivity index (χ1v) is 6.23. The number of esters is 1. The van der Waals surface area contributed by atoms with Gasteiger partial charge in [0.15, 0.2) is 0 Å². The highest BCUT2D eigenvalue weighted by atomic mass is 16.5. The average Bonchev–Trinajstić information content (AvgIpc) is 2.72. The van der Waals surface area contributed by atoms with E-state index in [9.17, 15) is 9.59 Å². The van der Waals surface area contributed by atoms with E-state index in [-0.39, 0.29) is 5.91 Å². The Morgan fingerprint density at radius 2 is 1.90 bits per heavy atom. The minimum atomic E-state index is -0.431. The molecule has 0 fully saturated rings. The van der Waals surface area contributed by atoms with Crippen LogP contribution in [0.2, 0.25) is 0 Å². The normalized spacial score (nSPS) is 10.2. The second kappa shape index (κ2) is 5.66. The average molecular weight is 288 g/mol. The second-order valence-corrected chi connectivity index (χ2v) is 4.49. The van der Waals surface area contributed by atoms with Crippen molar-refractivity contribution >= 4 is 23.3 Å². The van der Waals surface area contributed by atoms with Crippen molar-refractivity contribution in [3.05, 3.63) is 41.2 Å². The minimum absolute atomic E-state index is 0.296. The first-order chi connectivity index (χ1) is 9.93. The molecule has 3 N–H and O–H groups in total. The van der Waals surface area contributed by atoms with Gasteiger partial charge in [-0.2, -0.15) is 5.10 Å². The van der Waals surface area contributed by atoms with Crippen molar-refractivity contribution in [2.75, 3.05) is 18.2 Å². The van der Waals surface area contributed by atoms with Gasteiger partial charge in [0.2, 0.25) is 0 Å². The topological polar surface area (TPSA) is 99.2 Å². The summed E-state index contributed by atoms with van der Waals surface area (Å²) >= 11 is 0. The van der Waals surface area contributed by atoms with Crippen LogP contribution in [0.4, 0.5) is 11.4 Å². The van der Waals surface area contributed by atoms with Crippen LogP contribution in [0.1, 0.15) is 26.5 Å². The van der Waals surface area contributed by atoms with Crippen LogP contribution in [0.15, 0.2) is 24.3 Å². The SMILES string of the molecule is COC(=O)c1ccc(NC(=O)c2c(N)c(C)nn2C)cc1. The van der Waals surface area contributed by atoms with Gasteiger partial charge in [0.25, 0.3) is 5.91 Å². The van der Waals surface area contributed by atoms with Crippen molar-refractivity contribution in [1.29, 1.82) is 0 Å². The number of nitrogens with two attached hydrogens (primary N) is 1. The molecular weight excluding hydrogens is 272 g/mol. The minimum Gasteiger partial charge on any atom is -0.465 e. The van der Waals surface area contributed by atoms with Crippen LogP contribution >= 0.6 is 0 Å². The van der Waals surface area contributed by atoms with Gasteiger partial charge >= 0.3 is 5.97 Å². The number of nitrogens with one attached hydrogen (secondary N) is 1. The number of benzene rings is 1. The lowest BCUT2D eigenvalue weighted by Gasteiger charge is -2.07. The lowest BCUT2D eigenvalue weighted by molar-refractivity contribution is 0.0600. The molecule has 0 aliphatic rings. The number of hydrogen-bond acceptors (Lipinski definition) is 5. The summed E-state index contributed by atoms with van der Waals surface area (Å²) in [6.45, 7) is 1.73. The Labute approximate surface area is 121 Å². The molecule has 0 radical (unpaired) electrons. The summed E-state index contributed by atoms with van der Waals surface area (Å²) in [4.78, 5) is 23.5. The summed E-state index contributed by atoms with van der Waals surface area (Å²) in [5.41, 5.74) is 8.04. The van der Waals surface area contributed by atoms with Gasteiger partial charge in [-0.1, -0.05) is 0 Å². The van der Waals surface area contributed by atoms with Gasteiger partial charge in [0, 0.05) is 12.7 Å². The molecule has 1 heterocycles. The molecule has 7 heteroatoms. The molecule has 2 rings (SSSR count). The maximum atomic E-state index is 12.2. The van der Waals surface area contributed by atoms with Crippen molar-refractivity contribution in [3.63, 3.8) is 0 Å².